The summed E-state index contributed by atoms with van der Waals surface area (Å²) < 4.78 is 1.38. The zero-order valence-corrected chi connectivity index (χ0v) is 19.1. The lowest BCUT2D eigenvalue weighted by Crippen LogP contribution is -2.41. The standard InChI is InChI=1S/C26H24Cl2N2O2/c27-22-10-9-21(23(28)18-22)17-24(30-13-5-4-8-25(30)31)26(32)29-14-11-20(12-15-29)16-19-6-2-1-3-7-19/h1-10,13,17-18,20H,11-12,14-16H2. The van der Waals surface area contributed by atoms with Crippen molar-refractivity contribution in [3.8, 4) is 0 Å². The van der Waals surface area contributed by atoms with Gasteiger partial charge in [-0.25, -0.2) is 0 Å². The van der Waals surface area contributed by atoms with Gasteiger partial charge in [0.15, 0.2) is 0 Å². The molecule has 6 heteroatoms. The molecule has 4 rings (SSSR count). The van der Waals surface area contributed by atoms with Crippen LogP contribution >= 0.6 is 23.2 Å². The lowest BCUT2D eigenvalue weighted by molar-refractivity contribution is -0.126. The molecule has 32 heavy (non-hydrogen) atoms. The van der Waals surface area contributed by atoms with Crippen LogP contribution in [0.3, 0.4) is 0 Å². The second-order valence-electron chi connectivity index (χ2n) is 8.03. The molecule has 0 spiro atoms. The van der Waals surface area contributed by atoms with Crippen LogP contribution in [0, 0.1) is 5.92 Å². The Morgan fingerprint density at radius 3 is 2.38 bits per heavy atom. The summed E-state index contributed by atoms with van der Waals surface area (Å²) in [5.74, 6) is 0.363. The number of carbonyl (C=O) groups is 1. The van der Waals surface area contributed by atoms with E-state index in [-0.39, 0.29) is 17.2 Å². The summed E-state index contributed by atoms with van der Waals surface area (Å²) in [4.78, 5) is 27.9. The second kappa shape index (κ2) is 10.2. The lowest BCUT2D eigenvalue weighted by atomic mass is 9.90. The highest BCUT2D eigenvalue weighted by atomic mass is 35.5. The molecule has 1 aliphatic heterocycles. The molecule has 0 radical (unpaired) electrons. The molecule has 3 aromatic rings. The van der Waals surface area contributed by atoms with E-state index in [0.29, 0.717) is 34.6 Å². The van der Waals surface area contributed by atoms with Crippen molar-refractivity contribution in [2.45, 2.75) is 19.3 Å². The van der Waals surface area contributed by atoms with Crippen LogP contribution in [-0.2, 0) is 11.2 Å². The number of carbonyl (C=O) groups excluding carboxylic acids is 1. The number of amides is 1. The number of benzene rings is 2. The quantitative estimate of drug-likeness (QED) is 0.456. The van der Waals surface area contributed by atoms with E-state index < -0.39 is 0 Å². The van der Waals surface area contributed by atoms with E-state index in [0.717, 1.165) is 19.3 Å². The van der Waals surface area contributed by atoms with Crippen molar-refractivity contribution in [1.82, 2.24) is 9.47 Å². The monoisotopic (exact) mass is 466 g/mol. The van der Waals surface area contributed by atoms with Crippen molar-refractivity contribution in [3.05, 3.63) is 104 Å². The molecule has 0 atom stereocenters. The Labute approximate surface area is 197 Å². The Morgan fingerprint density at radius 1 is 0.969 bits per heavy atom. The first-order valence-corrected chi connectivity index (χ1v) is 11.4. The highest BCUT2D eigenvalue weighted by Crippen LogP contribution is 2.27. The van der Waals surface area contributed by atoms with Crippen LogP contribution in [0.4, 0.5) is 0 Å². The van der Waals surface area contributed by atoms with Gasteiger partial charge in [0.1, 0.15) is 5.70 Å². The summed E-state index contributed by atoms with van der Waals surface area (Å²) in [6.07, 6.45) is 6.15. The van der Waals surface area contributed by atoms with E-state index in [2.05, 4.69) is 24.3 Å². The van der Waals surface area contributed by atoms with E-state index in [4.69, 9.17) is 23.2 Å². The smallest absolute Gasteiger partial charge is 0.270 e. The van der Waals surface area contributed by atoms with Gasteiger partial charge in [-0.3, -0.25) is 14.2 Å². The van der Waals surface area contributed by atoms with Crippen LogP contribution in [-0.4, -0.2) is 28.5 Å². The van der Waals surface area contributed by atoms with Gasteiger partial charge in [-0.1, -0.05) is 65.7 Å². The third kappa shape index (κ3) is 5.32. The molecule has 2 aromatic carbocycles. The zero-order valence-electron chi connectivity index (χ0n) is 17.6. The maximum atomic E-state index is 13.5. The Morgan fingerprint density at radius 2 is 1.69 bits per heavy atom. The minimum atomic E-state index is -0.267. The molecular weight excluding hydrogens is 443 g/mol. The Hall–Kier alpha value is -2.82. The molecule has 1 fully saturated rings. The summed E-state index contributed by atoms with van der Waals surface area (Å²) in [6.45, 7) is 1.31. The van der Waals surface area contributed by atoms with Gasteiger partial charge in [0.05, 0.1) is 0 Å². The van der Waals surface area contributed by atoms with E-state index in [1.165, 1.54) is 16.2 Å². The molecule has 1 saturated heterocycles. The van der Waals surface area contributed by atoms with Crippen molar-refractivity contribution < 1.29 is 4.79 Å². The first-order valence-electron chi connectivity index (χ1n) is 10.7. The van der Waals surface area contributed by atoms with E-state index in [1.54, 1.807) is 42.6 Å². The molecule has 1 aromatic heterocycles. The number of rotatable bonds is 5. The van der Waals surface area contributed by atoms with Gasteiger partial charge in [-0.05, 0) is 60.6 Å². The number of aromatic nitrogens is 1. The summed E-state index contributed by atoms with van der Waals surface area (Å²) in [5, 5.41) is 0.936. The molecule has 2 heterocycles. The fourth-order valence-corrected chi connectivity index (χ4v) is 4.54. The maximum absolute atomic E-state index is 13.5. The topological polar surface area (TPSA) is 42.3 Å². The molecule has 0 bridgehead atoms. The van der Waals surface area contributed by atoms with Crippen LogP contribution in [0.5, 0.6) is 0 Å². The normalized spacial score (nSPS) is 15.1. The summed E-state index contributed by atoms with van der Waals surface area (Å²) in [7, 11) is 0. The summed E-state index contributed by atoms with van der Waals surface area (Å²) in [6, 6.07) is 20.4. The minimum absolute atomic E-state index is 0.178. The number of likely N-dealkylation sites (tertiary alicyclic amines) is 1. The average Bonchev–Trinajstić information content (AvgIpc) is 2.80. The van der Waals surface area contributed by atoms with Gasteiger partial charge in [-0.15, -0.1) is 0 Å². The number of hydrogen-bond acceptors (Lipinski definition) is 2. The maximum Gasteiger partial charge on any atom is 0.270 e. The van der Waals surface area contributed by atoms with Crippen molar-refractivity contribution in [1.29, 1.82) is 0 Å². The average molecular weight is 467 g/mol. The first-order chi connectivity index (χ1) is 15.5. The summed E-state index contributed by atoms with van der Waals surface area (Å²) in [5.41, 5.74) is 1.97. The Balaban J connectivity index is 1.57. The van der Waals surface area contributed by atoms with Gasteiger partial charge in [0.2, 0.25) is 0 Å². The van der Waals surface area contributed by atoms with Gasteiger partial charge in [0, 0.05) is 35.4 Å². The van der Waals surface area contributed by atoms with E-state index in [1.807, 2.05) is 11.0 Å². The Kier molecular flexibility index (Phi) is 7.13. The number of piperidine rings is 1. The van der Waals surface area contributed by atoms with E-state index in [9.17, 15) is 9.59 Å². The van der Waals surface area contributed by atoms with Crippen LogP contribution < -0.4 is 5.56 Å². The third-order valence-corrected chi connectivity index (χ3v) is 6.39. The van der Waals surface area contributed by atoms with Crippen molar-refractivity contribution in [2.24, 2.45) is 5.92 Å². The number of nitrogens with zero attached hydrogens (tertiary/aromatic N) is 2. The molecule has 0 N–H and O–H groups in total. The predicted octanol–water partition coefficient (Wildman–Crippen LogP) is 5.63. The van der Waals surface area contributed by atoms with Crippen LogP contribution in [0.15, 0.2) is 77.7 Å². The molecule has 0 saturated carbocycles. The molecule has 4 nitrogen and oxygen atoms in total. The van der Waals surface area contributed by atoms with Gasteiger partial charge in [0.25, 0.3) is 11.5 Å². The predicted molar refractivity (Wildman–Crippen MR) is 131 cm³/mol. The second-order valence-corrected chi connectivity index (χ2v) is 8.87. The van der Waals surface area contributed by atoms with Crippen molar-refractivity contribution in [3.63, 3.8) is 0 Å². The van der Waals surface area contributed by atoms with Gasteiger partial charge >= 0.3 is 0 Å². The van der Waals surface area contributed by atoms with Crippen LogP contribution in [0.1, 0.15) is 24.0 Å². The largest absolute Gasteiger partial charge is 0.337 e. The minimum Gasteiger partial charge on any atom is -0.337 e. The fourth-order valence-electron chi connectivity index (χ4n) is 4.08. The van der Waals surface area contributed by atoms with Crippen LogP contribution in [0.2, 0.25) is 10.0 Å². The molecule has 164 valence electrons. The van der Waals surface area contributed by atoms with Crippen LogP contribution in [0.25, 0.3) is 11.8 Å². The highest BCUT2D eigenvalue weighted by molar-refractivity contribution is 6.36. The summed E-state index contributed by atoms with van der Waals surface area (Å²) >= 11 is 12.4. The van der Waals surface area contributed by atoms with E-state index >= 15 is 0 Å². The number of pyridine rings is 1. The van der Waals surface area contributed by atoms with Gasteiger partial charge in [-0.2, -0.15) is 0 Å². The third-order valence-electron chi connectivity index (χ3n) is 5.82. The lowest BCUT2D eigenvalue weighted by Gasteiger charge is -2.33. The number of hydrogen-bond donors (Lipinski definition) is 0. The van der Waals surface area contributed by atoms with Gasteiger partial charge < -0.3 is 4.90 Å². The SMILES string of the molecule is O=C(C(=Cc1ccc(Cl)cc1Cl)n1ccccc1=O)N1CCC(Cc2ccccc2)CC1. The molecule has 0 unspecified atom stereocenters. The number of halogens is 2. The van der Waals surface area contributed by atoms with Crippen molar-refractivity contribution in [2.75, 3.05) is 13.1 Å². The molecule has 1 amide bonds. The Bertz CT molecular complexity index is 1180. The molecule has 1 aliphatic rings. The zero-order chi connectivity index (χ0) is 22.5. The molecule has 0 aliphatic carbocycles. The first kappa shape index (κ1) is 22.4. The van der Waals surface area contributed by atoms with Crippen molar-refractivity contribution >= 4 is 40.9 Å². The molecular formula is C26H24Cl2N2O2. The fraction of sp³-hybridized carbons (Fsp3) is 0.231. The highest BCUT2D eigenvalue weighted by Gasteiger charge is 2.26.